The zero-order valence-corrected chi connectivity index (χ0v) is 10.5. The predicted molar refractivity (Wildman–Crippen MR) is 66.1 cm³/mol. The highest BCUT2D eigenvalue weighted by Gasteiger charge is 2.15. The molecule has 0 unspecified atom stereocenters. The highest BCUT2D eigenvalue weighted by atomic mass is 15.5. The first-order chi connectivity index (χ1) is 8.09. The van der Waals surface area contributed by atoms with Crippen LogP contribution in [0.25, 0.3) is 11.4 Å². The molecule has 0 atom stereocenters. The van der Waals surface area contributed by atoms with Gasteiger partial charge >= 0.3 is 0 Å². The summed E-state index contributed by atoms with van der Waals surface area (Å²) in [6.07, 6.45) is 2.79. The highest BCUT2D eigenvalue weighted by molar-refractivity contribution is 5.66. The Morgan fingerprint density at radius 2 is 2.18 bits per heavy atom. The minimum atomic E-state index is 0.456. The Morgan fingerprint density at radius 1 is 1.41 bits per heavy atom. The summed E-state index contributed by atoms with van der Waals surface area (Å²) in [6, 6.07) is 1.92. The van der Waals surface area contributed by atoms with Gasteiger partial charge in [0.05, 0.1) is 5.69 Å². The van der Waals surface area contributed by atoms with E-state index in [4.69, 9.17) is 5.73 Å². The number of rotatable bonds is 4. The summed E-state index contributed by atoms with van der Waals surface area (Å²) in [4.78, 5) is 0. The summed E-state index contributed by atoms with van der Waals surface area (Å²) in [5.74, 6) is 1.08. The van der Waals surface area contributed by atoms with Gasteiger partial charge in [-0.05, 0) is 18.4 Å². The van der Waals surface area contributed by atoms with Gasteiger partial charge in [0, 0.05) is 19.8 Å². The van der Waals surface area contributed by atoms with Crippen molar-refractivity contribution in [1.29, 1.82) is 0 Å². The number of hydrogen-bond acceptors (Lipinski definition) is 4. The largest absolute Gasteiger partial charge is 0.380 e. The van der Waals surface area contributed by atoms with E-state index in [0.29, 0.717) is 11.7 Å². The van der Waals surface area contributed by atoms with Crippen LogP contribution in [0, 0.1) is 5.92 Å². The first kappa shape index (κ1) is 11.6. The van der Waals surface area contributed by atoms with Crippen molar-refractivity contribution in [2.75, 3.05) is 5.73 Å². The lowest BCUT2D eigenvalue weighted by atomic mass is 10.1. The lowest BCUT2D eigenvalue weighted by molar-refractivity contribution is 0.480. The molecule has 6 nitrogen and oxygen atoms in total. The molecule has 0 aliphatic carbocycles. The molecule has 17 heavy (non-hydrogen) atoms. The highest BCUT2D eigenvalue weighted by Crippen LogP contribution is 2.23. The third kappa shape index (κ3) is 2.30. The molecule has 0 saturated carbocycles. The molecule has 0 spiro atoms. The molecule has 2 aromatic heterocycles. The Kier molecular flexibility index (Phi) is 3.12. The van der Waals surface area contributed by atoms with E-state index in [1.807, 2.05) is 17.8 Å². The van der Waals surface area contributed by atoms with Gasteiger partial charge in [0.25, 0.3) is 0 Å². The second kappa shape index (κ2) is 4.57. The zero-order chi connectivity index (χ0) is 12.4. The molecule has 0 bridgehead atoms. The SMILES string of the molecule is CC(C)CCn1nnc(N)c1-c1ccnn1C. The van der Waals surface area contributed by atoms with E-state index in [1.165, 1.54) is 0 Å². The monoisotopic (exact) mass is 234 g/mol. The third-order valence-electron chi connectivity index (χ3n) is 2.74. The van der Waals surface area contributed by atoms with Crippen LogP contribution in [0.5, 0.6) is 0 Å². The van der Waals surface area contributed by atoms with Crippen molar-refractivity contribution in [2.24, 2.45) is 13.0 Å². The Bertz CT molecular complexity index is 496. The van der Waals surface area contributed by atoms with Crippen LogP contribution < -0.4 is 5.73 Å². The third-order valence-corrected chi connectivity index (χ3v) is 2.74. The first-order valence-electron chi connectivity index (χ1n) is 5.77. The molecule has 2 heterocycles. The molecule has 0 fully saturated rings. The zero-order valence-electron chi connectivity index (χ0n) is 10.5. The topological polar surface area (TPSA) is 74.6 Å². The van der Waals surface area contributed by atoms with E-state index in [1.54, 1.807) is 10.9 Å². The molecule has 6 heteroatoms. The van der Waals surface area contributed by atoms with Gasteiger partial charge in [-0.25, -0.2) is 4.68 Å². The predicted octanol–water partition coefficient (Wildman–Crippen LogP) is 1.31. The van der Waals surface area contributed by atoms with Crippen LogP contribution >= 0.6 is 0 Å². The molecule has 2 N–H and O–H groups in total. The van der Waals surface area contributed by atoms with Gasteiger partial charge in [0.1, 0.15) is 5.69 Å². The summed E-state index contributed by atoms with van der Waals surface area (Å²) >= 11 is 0. The number of nitrogens with zero attached hydrogens (tertiary/aromatic N) is 5. The number of anilines is 1. The Hall–Kier alpha value is -1.85. The maximum Gasteiger partial charge on any atom is 0.175 e. The van der Waals surface area contributed by atoms with E-state index < -0.39 is 0 Å². The minimum absolute atomic E-state index is 0.456. The lowest BCUT2D eigenvalue weighted by Crippen LogP contribution is -2.07. The Labute approximate surface area is 100 Å². The summed E-state index contributed by atoms with van der Waals surface area (Å²) in [5, 5.41) is 12.2. The lowest BCUT2D eigenvalue weighted by Gasteiger charge is -2.08. The van der Waals surface area contributed by atoms with Crippen LogP contribution in [0.4, 0.5) is 5.82 Å². The average Bonchev–Trinajstić information content (AvgIpc) is 2.82. The van der Waals surface area contributed by atoms with Crippen molar-refractivity contribution >= 4 is 5.82 Å². The number of nitrogen functional groups attached to an aromatic ring is 1. The van der Waals surface area contributed by atoms with Crippen LogP contribution in [-0.4, -0.2) is 24.8 Å². The smallest absolute Gasteiger partial charge is 0.175 e. The first-order valence-corrected chi connectivity index (χ1v) is 5.77. The van der Waals surface area contributed by atoms with E-state index >= 15 is 0 Å². The van der Waals surface area contributed by atoms with E-state index in [0.717, 1.165) is 24.4 Å². The van der Waals surface area contributed by atoms with Gasteiger partial charge in [-0.1, -0.05) is 19.1 Å². The summed E-state index contributed by atoms with van der Waals surface area (Å²) in [5.41, 5.74) is 7.67. The number of aryl methyl sites for hydroxylation is 2. The van der Waals surface area contributed by atoms with Crippen LogP contribution in [0.3, 0.4) is 0 Å². The molecule has 0 saturated heterocycles. The molecule has 0 radical (unpaired) electrons. The summed E-state index contributed by atoms with van der Waals surface area (Å²) in [6.45, 7) is 5.19. The van der Waals surface area contributed by atoms with Gasteiger partial charge in [-0.15, -0.1) is 5.10 Å². The van der Waals surface area contributed by atoms with Crippen molar-refractivity contribution in [3.63, 3.8) is 0 Å². The molecular formula is C11H18N6. The molecule has 0 aromatic carbocycles. The molecule has 0 amide bonds. The van der Waals surface area contributed by atoms with Gasteiger partial charge in [-0.2, -0.15) is 5.10 Å². The molecule has 0 aliphatic rings. The maximum absolute atomic E-state index is 5.87. The molecule has 0 aliphatic heterocycles. The fraction of sp³-hybridized carbons (Fsp3) is 0.545. The van der Waals surface area contributed by atoms with Crippen molar-refractivity contribution in [1.82, 2.24) is 24.8 Å². The fourth-order valence-electron chi connectivity index (χ4n) is 1.73. The molecule has 92 valence electrons. The summed E-state index contributed by atoms with van der Waals surface area (Å²) in [7, 11) is 1.88. The van der Waals surface area contributed by atoms with Crippen molar-refractivity contribution in [3.05, 3.63) is 12.3 Å². The van der Waals surface area contributed by atoms with Crippen LogP contribution in [-0.2, 0) is 13.6 Å². The maximum atomic E-state index is 5.87. The van der Waals surface area contributed by atoms with Crippen LogP contribution in [0.15, 0.2) is 12.3 Å². The van der Waals surface area contributed by atoms with Crippen LogP contribution in [0.1, 0.15) is 20.3 Å². The molecule has 2 rings (SSSR count). The van der Waals surface area contributed by atoms with Crippen LogP contribution in [0.2, 0.25) is 0 Å². The number of aromatic nitrogens is 5. The van der Waals surface area contributed by atoms with Crippen molar-refractivity contribution in [3.8, 4) is 11.4 Å². The standard InChI is InChI=1S/C11H18N6/c1-8(2)5-7-17-10(11(12)14-15-17)9-4-6-13-16(9)3/h4,6,8H,5,7,12H2,1-3H3. The number of hydrogen-bond donors (Lipinski definition) is 1. The van der Waals surface area contributed by atoms with Gasteiger partial charge < -0.3 is 5.73 Å². The van der Waals surface area contributed by atoms with E-state index in [9.17, 15) is 0 Å². The normalized spacial score (nSPS) is 11.3. The fourth-order valence-corrected chi connectivity index (χ4v) is 1.73. The second-order valence-electron chi connectivity index (χ2n) is 4.57. The van der Waals surface area contributed by atoms with Gasteiger partial charge in [0.2, 0.25) is 0 Å². The number of nitrogens with two attached hydrogens (primary N) is 1. The van der Waals surface area contributed by atoms with Crippen molar-refractivity contribution < 1.29 is 0 Å². The quantitative estimate of drug-likeness (QED) is 0.865. The van der Waals surface area contributed by atoms with Crippen molar-refractivity contribution in [2.45, 2.75) is 26.8 Å². The average molecular weight is 234 g/mol. The van der Waals surface area contributed by atoms with E-state index in [-0.39, 0.29) is 0 Å². The van der Waals surface area contributed by atoms with Gasteiger partial charge in [0.15, 0.2) is 5.82 Å². The Balaban J connectivity index is 2.33. The summed E-state index contributed by atoms with van der Waals surface area (Å²) < 4.78 is 3.63. The Morgan fingerprint density at radius 3 is 2.76 bits per heavy atom. The minimum Gasteiger partial charge on any atom is -0.380 e. The second-order valence-corrected chi connectivity index (χ2v) is 4.57. The molecule has 2 aromatic rings. The van der Waals surface area contributed by atoms with Gasteiger partial charge in [-0.3, -0.25) is 4.68 Å². The molecular weight excluding hydrogens is 216 g/mol. The van der Waals surface area contributed by atoms with E-state index in [2.05, 4.69) is 29.3 Å².